The second-order valence-corrected chi connectivity index (χ2v) is 8.28. The van der Waals surface area contributed by atoms with Crippen LogP contribution in [0.5, 0.6) is 0 Å². The van der Waals surface area contributed by atoms with E-state index in [4.69, 9.17) is 16.3 Å². The van der Waals surface area contributed by atoms with Gasteiger partial charge in [-0.05, 0) is 38.8 Å². The van der Waals surface area contributed by atoms with E-state index in [-0.39, 0.29) is 24.5 Å². The van der Waals surface area contributed by atoms with E-state index in [1.54, 1.807) is 31.6 Å². The molecule has 2 atom stereocenters. The molecule has 0 aliphatic carbocycles. The van der Waals surface area contributed by atoms with Crippen LogP contribution in [0.2, 0.25) is 0 Å². The Hall–Kier alpha value is -3.90. The molecule has 1 fully saturated rings. The number of ether oxygens (including phenoxy) is 1. The number of hydrogen-bond acceptors (Lipinski definition) is 6. The largest absolute Gasteiger partial charge is 0.378 e. The number of amides is 1. The van der Waals surface area contributed by atoms with Crippen molar-refractivity contribution in [2.24, 2.45) is 0 Å². The molecule has 3 aromatic heterocycles. The number of nitrogens with one attached hydrogen (secondary N) is 1. The quantitative estimate of drug-likeness (QED) is 0.478. The van der Waals surface area contributed by atoms with E-state index in [0.717, 1.165) is 29.3 Å². The van der Waals surface area contributed by atoms with E-state index in [9.17, 15) is 4.79 Å². The van der Waals surface area contributed by atoms with Crippen LogP contribution < -0.4 is 5.32 Å². The van der Waals surface area contributed by atoms with Gasteiger partial charge in [-0.3, -0.25) is 14.8 Å². The lowest BCUT2D eigenvalue weighted by Crippen LogP contribution is -2.28. The summed E-state index contributed by atoms with van der Waals surface area (Å²) in [5.41, 5.74) is 3.61. The molecule has 0 saturated carbocycles. The third kappa shape index (κ3) is 4.01. The number of carbonyl (C=O) groups is 1. The molecule has 1 aromatic carbocycles. The first-order valence-corrected chi connectivity index (χ1v) is 10.9. The number of benzene rings is 1. The Labute approximate surface area is 190 Å². The minimum atomic E-state index is -0.214. The monoisotopic (exact) mass is 441 g/mol. The second kappa shape index (κ2) is 8.56. The van der Waals surface area contributed by atoms with Crippen molar-refractivity contribution in [1.29, 1.82) is 0 Å². The zero-order valence-electron chi connectivity index (χ0n) is 18.4. The van der Waals surface area contributed by atoms with Crippen molar-refractivity contribution >= 4 is 39.3 Å². The summed E-state index contributed by atoms with van der Waals surface area (Å²) in [6.07, 6.45) is 6.70. The normalized spacial score (nSPS) is 18.3. The highest BCUT2D eigenvalue weighted by molar-refractivity contribution is 6.04. The van der Waals surface area contributed by atoms with Gasteiger partial charge in [0.15, 0.2) is 11.5 Å². The van der Waals surface area contributed by atoms with Crippen LogP contribution in [-0.4, -0.2) is 43.1 Å². The van der Waals surface area contributed by atoms with Gasteiger partial charge in [-0.15, -0.1) is 0 Å². The average Bonchev–Trinajstić information content (AvgIpc) is 3.18. The third-order valence-corrected chi connectivity index (χ3v) is 5.98. The van der Waals surface area contributed by atoms with Gasteiger partial charge in [0, 0.05) is 30.4 Å². The van der Waals surface area contributed by atoms with Gasteiger partial charge in [0.25, 0.3) is 0 Å². The molecule has 4 aromatic rings. The number of aryl methyl sites for hydroxylation is 1. The van der Waals surface area contributed by atoms with Crippen molar-refractivity contribution < 1.29 is 9.53 Å². The summed E-state index contributed by atoms with van der Waals surface area (Å²) in [4.78, 5) is 34.3. The van der Waals surface area contributed by atoms with Crippen molar-refractivity contribution in [1.82, 2.24) is 24.5 Å². The van der Waals surface area contributed by atoms with Crippen LogP contribution in [0.3, 0.4) is 0 Å². The number of rotatable bonds is 4. The lowest BCUT2D eigenvalue weighted by Gasteiger charge is -2.30. The van der Waals surface area contributed by atoms with Crippen molar-refractivity contribution in [2.45, 2.75) is 45.3 Å². The summed E-state index contributed by atoms with van der Waals surface area (Å²) < 4.78 is 7.94. The minimum absolute atomic E-state index is 0.0838. The maximum Gasteiger partial charge on any atom is 0.233 e. The smallest absolute Gasteiger partial charge is 0.233 e. The average molecular weight is 441 g/mol. The Bertz CT molecular complexity index is 1410. The van der Waals surface area contributed by atoms with Gasteiger partial charge in [0.05, 0.1) is 42.0 Å². The standard InChI is InChI=1S/C24H23N7O2/c1-14-10-17(6-9-33-14)31-21(12-22(32)30-24-15(2)26-7-8-27-24)29-20-13-28-19-5-4-16(25-3)11-18(19)23(20)31/h4-5,7-8,11,13-14,17H,6,9-10,12H2,1-2H3,(H,27,30,32)/t14-,17-/m1/s1. The molecule has 0 bridgehead atoms. The van der Waals surface area contributed by atoms with Gasteiger partial charge in [-0.25, -0.2) is 14.8 Å². The van der Waals surface area contributed by atoms with Crippen LogP contribution in [0.4, 0.5) is 11.5 Å². The highest BCUT2D eigenvalue weighted by Gasteiger charge is 2.27. The Morgan fingerprint density at radius 1 is 1.27 bits per heavy atom. The van der Waals surface area contributed by atoms with Crippen LogP contribution in [0.1, 0.15) is 37.3 Å². The van der Waals surface area contributed by atoms with Crippen LogP contribution in [0.25, 0.3) is 26.8 Å². The van der Waals surface area contributed by atoms with E-state index in [2.05, 4.69) is 36.6 Å². The molecule has 5 rings (SSSR count). The van der Waals surface area contributed by atoms with Crippen molar-refractivity contribution in [3.8, 4) is 0 Å². The summed E-state index contributed by atoms with van der Waals surface area (Å²) in [7, 11) is 0. The molecule has 0 radical (unpaired) electrons. The zero-order chi connectivity index (χ0) is 22.9. The molecule has 0 unspecified atom stereocenters. The molecule has 1 N–H and O–H groups in total. The molecular weight excluding hydrogens is 418 g/mol. The number of carbonyl (C=O) groups excluding carboxylic acids is 1. The number of pyridine rings is 1. The van der Waals surface area contributed by atoms with Crippen LogP contribution in [0.15, 0.2) is 36.8 Å². The maximum atomic E-state index is 13.0. The predicted octanol–water partition coefficient (Wildman–Crippen LogP) is 4.15. The SMILES string of the molecule is [C-]#[N+]c1ccc2ncc3nc(CC(=O)Nc4nccnc4C)n([C@@H]4CCO[C@H](C)C4)c3c2c1. The van der Waals surface area contributed by atoms with Gasteiger partial charge in [-0.1, -0.05) is 6.07 Å². The first-order valence-electron chi connectivity index (χ1n) is 10.9. The number of anilines is 1. The van der Waals surface area contributed by atoms with E-state index >= 15 is 0 Å². The van der Waals surface area contributed by atoms with Gasteiger partial charge >= 0.3 is 0 Å². The lowest BCUT2D eigenvalue weighted by atomic mass is 10.0. The van der Waals surface area contributed by atoms with Gasteiger partial charge < -0.3 is 14.6 Å². The molecule has 166 valence electrons. The van der Waals surface area contributed by atoms with Crippen LogP contribution >= 0.6 is 0 Å². The fourth-order valence-electron chi connectivity index (χ4n) is 4.46. The first-order chi connectivity index (χ1) is 16.0. The molecule has 4 heterocycles. The van der Waals surface area contributed by atoms with E-state index < -0.39 is 0 Å². The highest BCUT2D eigenvalue weighted by atomic mass is 16.5. The van der Waals surface area contributed by atoms with Crippen LogP contribution in [-0.2, 0) is 16.0 Å². The Balaban J connectivity index is 1.62. The highest BCUT2D eigenvalue weighted by Crippen LogP contribution is 2.35. The zero-order valence-corrected chi connectivity index (χ0v) is 18.4. The topological polar surface area (TPSA) is 99.2 Å². The van der Waals surface area contributed by atoms with Crippen molar-refractivity contribution in [3.05, 3.63) is 59.7 Å². The Morgan fingerprint density at radius 2 is 2.12 bits per heavy atom. The Morgan fingerprint density at radius 3 is 2.91 bits per heavy atom. The molecule has 1 aliphatic heterocycles. The molecule has 1 amide bonds. The number of nitrogens with zero attached hydrogens (tertiary/aromatic N) is 6. The molecule has 33 heavy (non-hydrogen) atoms. The second-order valence-electron chi connectivity index (χ2n) is 8.28. The van der Waals surface area contributed by atoms with Gasteiger partial charge in [-0.2, -0.15) is 0 Å². The fraction of sp³-hybridized carbons (Fsp3) is 0.333. The van der Waals surface area contributed by atoms with Crippen molar-refractivity contribution in [3.63, 3.8) is 0 Å². The number of fused-ring (bicyclic) bond motifs is 3. The number of aromatic nitrogens is 5. The van der Waals surface area contributed by atoms with Gasteiger partial charge in [0.1, 0.15) is 11.3 Å². The van der Waals surface area contributed by atoms with E-state index in [1.165, 1.54) is 0 Å². The first kappa shape index (κ1) is 21.0. The summed E-state index contributed by atoms with van der Waals surface area (Å²) in [6.45, 7) is 11.9. The molecule has 0 spiro atoms. The van der Waals surface area contributed by atoms with Crippen LogP contribution in [0, 0.1) is 13.5 Å². The fourth-order valence-corrected chi connectivity index (χ4v) is 4.46. The molecule has 1 aliphatic rings. The number of imidazole rings is 1. The summed E-state index contributed by atoms with van der Waals surface area (Å²) in [6, 6.07) is 5.60. The third-order valence-electron chi connectivity index (χ3n) is 5.98. The minimum Gasteiger partial charge on any atom is -0.378 e. The lowest BCUT2D eigenvalue weighted by molar-refractivity contribution is -0.115. The molecule has 1 saturated heterocycles. The maximum absolute atomic E-state index is 13.0. The van der Waals surface area contributed by atoms with E-state index in [0.29, 0.717) is 35.1 Å². The summed E-state index contributed by atoms with van der Waals surface area (Å²) in [5, 5.41) is 3.72. The molecule has 9 heteroatoms. The van der Waals surface area contributed by atoms with Crippen molar-refractivity contribution in [2.75, 3.05) is 11.9 Å². The summed E-state index contributed by atoms with van der Waals surface area (Å²) in [5.74, 6) is 0.888. The predicted molar refractivity (Wildman–Crippen MR) is 124 cm³/mol. The molecule has 9 nitrogen and oxygen atoms in total. The number of hydrogen-bond donors (Lipinski definition) is 1. The van der Waals surface area contributed by atoms with Gasteiger partial charge in [0.2, 0.25) is 5.91 Å². The summed E-state index contributed by atoms with van der Waals surface area (Å²) >= 11 is 0. The Kier molecular flexibility index (Phi) is 5.44. The molecular formula is C24H23N7O2. The van der Waals surface area contributed by atoms with E-state index in [1.807, 2.05) is 12.1 Å².